The monoisotopic (exact) mass is 294 g/mol. The number of carbonyl (C=O) groups excluding carboxylic acids is 1. The second-order valence-corrected chi connectivity index (χ2v) is 6.53. The lowest BCUT2D eigenvalue weighted by Crippen LogP contribution is -2.32. The van der Waals surface area contributed by atoms with Crippen LogP contribution in [0.3, 0.4) is 0 Å². The molecule has 0 unspecified atom stereocenters. The average Bonchev–Trinajstić information content (AvgIpc) is 2.85. The Hall–Kier alpha value is -1.56. The molecule has 2 amide bonds. The molecule has 5 nitrogen and oxygen atoms in total. The summed E-state index contributed by atoms with van der Waals surface area (Å²) in [6.45, 7) is 0. The molecule has 6 heteroatoms. The molecule has 0 aliphatic heterocycles. The number of thiophene rings is 1. The van der Waals surface area contributed by atoms with Crippen molar-refractivity contribution in [1.29, 1.82) is 0 Å². The van der Waals surface area contributed by atoms with Crippen LogP contribution in [-0.4, -0.2) is 29.2 Å². The predicted octanol–water partition coefficient (Wildman–Crippen LogP) is 2.54. The van der Waals surface area contributed by atoms with Crippen LogP contribution < -0.4 is 10.6 Å². The predicted molar refractivity (Wildman–Crippen MR) is 76.3 cm³/mol. The number of nitrogens with one attached hydrogen (secondary N) is 2. The van der Waals surface area contributed by atoms with Gasteiger partial charge in [0.25, 0.3) is 5.91 Å². The highest BCUT2D eigenvalue weighted by molar-refractivity contribution is 7.10. The Bertz CT molecular complexity index is 522. The standard InChI is InChI=1S/C14H18N2O3S/c17-13(15-9-3-1-2-4-9)8-5-12(20-7-8)10-6-11(10)16-14(18)19/h5,7,9-11,16H,1-4,6H2,(H,15,17)(H,18,19)/t10-,11-/m1/s1. The minimum atomic E-state index is -0.978. The molecule has 2 fully saturated rings. The number of hydrogen-bond donors (Lipinski definition) is 3. The van der Waals surface area contributed by atoms with Crippen LogP contribution in [0.15, 0.2) is 11.4 Å². The Kier molecular flexibility index (Phi) is 3.65. The fourth-order valence-electron chi connectivity index (χ4n) is 2.83. The molecule has 108 valence electrons. The van der Waals surface area contributed by atoms with Crippen LogP contribution in [-0.2, 0) is 0 Å². The second kappa shape index (κ2) is 5.44. The minimum Gasteiger partial charge on any atom is -0.465 e. The quantitative estimate of drug-likeness (QED) is 0.798. The van der Waals surface area contributed by atoms with Crippen LogP contribution in [0.1, 0.15) is 53.3 Å². The lowest BCUT2D eigenvalue weighted by Gasteiger charge is -2.10. The maximum Gasteiger partial charge on any atom is 0.404 e. The highest BCUT2D eigenvalue weighted by atomic mass is 32.1. The zero-order valence-electron chi connectivity index (χ0n) is 11.1. The molecule has 3 rings (SSSR count). The van der Waals surface area contributed by atoms with Crippen LogP contribution in [0, 0.1) is 0 Å². The largest absolute Gasteiger partial charge is 0.465 e. The fraction of sp³-hybridized carbons (Fsp3) is 0.571. The van der Waals surface area contributed by atoms with Crippen LogP contribution in [0.5, 0.6) is 0 Å². The molecule has 3 N–H and O–H groups in total. The first-order chi connectivity index (χ1) is 9.63. The summed E-state index contributed by atoms with van der Waals surface area (Å²) in [7, 11) is 0. The van der Waals surface area contributed by atoms with Crippen molar-refractivity contribution in [2.45, 2.75) is 50.1 Å². The Morgan fingerprint density at radius 3 is 2.70 bits per heavy atom. The maximum atomic E-state index is 12.1. The summed E-state index contributed by atoms with van der Waals surface area (Å²) in [5.74, 6) is 0.243. The van der Waals surface area contributed by atoms with E-state index in [1.54, 1.807) is 11.3 Å². The molecule has 0 bridgehead atoms. The van der Waals surface area contributed by atoms with E-state index in [1.165, 1.54) is 12.8 Å². The van der Waals surface area contributed by atoms with Gasteiger partial charge in [0, 0.05) is 28.3 Å². The van der Waals surface area contributed by atoms with E-state index < -0.39 is 6.09 Å². The smallest absolute Gasteiger partial charge is 0.404 e. The third-order valence-corrected chi connectivity index (χ3v) is 5.10. The van der Waals surface area contributed by atoms with E-state index in [0.717, 1.165) is 24.1 Å². The van der Waals surface area contributed by atoms with E-state index in [9.17, 15) is 9.59 Å². The molecule has 0 aromatic carbocycles. The lowest BCUT2D eigenvalue weighted by molar-refractivity contribution is 0.0938. The molecule has 0 spiro atoms. The summed E-state index contributed by atoms with van der Waals surface area (Å²) in [5, 5.41) is 16.1. The Labute approximate surface area is 121 Å². The van der Waals surface area contributed by atoms with E-state index in [0.29, 0.717) is 11.6 Å². The molecule has 20 heavy (non-hydrogen) atoms. The normalized spacial score (nSPS) is 25.4. The third-order valence-electron chi connectivity index (χ3n) is 4.04. The van der Waals surface area contributed by atoms with Gasteiger partial charge in [0.1, 0.15) is 0 Å². The minimum absolute atomic E-state index is 0.00259. The van der Waals surface area contributed by atoms with Gasteiger partial charge in [-0.05, 0) is 25.3 Å². The Morgan fingerprint density at radius 2 is 2.00 bits per heavy atom. The van der Waals surface area contributed by atoms with E-state index in [1.807, 2.05) is 11.4 Å². The number of carboxylic acid groups (broad SMARTS) is 1. The number of hydrogen-bond acceptors (Lipinski definition) is 3. The zero-order chi connectivity index (χ0) is 14.1. The van der Waals surface area contributed by atoms with Crippen molar-refractivity contribution in [2.24, 2.45) is 0 Å². The van der Waals surface area contributed by atoms with Crippen molar-refractivity contribution in [1.82, 2.24) is 10.6 Å². The molecule has 2 saturated carbocycles. The highest BCUT2D eigenvalue weighted by Gasteiger charge is 2.40. The van der Waals surface area contributed by atoms with E-state index in [-0.39, 0.29) is 17.9 Å². The third kappa shape index (κ3) is 2.95. The number of carbonyl (C=O) groups is 2. The van der Waals surface area contributed by atoms with Gasteiger partial charge >= 0.3 is 6.09 Å². The summed E-state index contributed by atoms with van der Waals surface area (Å²) in [5.41, 5.74) is 0.706. The average molecular weight is 294 g/mol. The van der Waals surface area contributed by atoms with Crippen LogP contribution >= 0.6 is 11.3 Å². The highest BCUT2D eigenvalue weighted by Crippen LogP contribution is 2.43. The van der Waals surface area contributed by atoms with Crippen molar-refractivity contribution >= 4 is 23.3 Å². The van der Waals surface area contributed by atoms with Gasteiger partial charge in [0.05, 0.1) is 5.56 Å². The molecule has 2 aliphatic carbocycles. The molecule has 1 aromatic heterocycles. The van der Waals surface area contributed by atoms with Crippen molar-refractivity contribution in [3.63, 3.8) is 0 Å². The van der Waals surface area contributed by atoms with E-state index >= 15 is 0 Å². The van der Waals surface area contributed by atoms with Crippen molar-refractivity contribution in [2.75, 3.05) is 0 Å². The fourth-order valence-corrected chi connectivity index (χ4v) is 3.90. The van der Waals surface area contributed by atoms with Crippen LogP contribution in [0.25, 0.3) is 0 Å². The molecule has 1 heterocycles. The second-order valence-electron chi connectivity index (χ2n) is 5.59. The van der Waals surface area contributed by atoms with Gasteiger partial charge in [-0.1, -0.05) is 12.8 Å². The molecule has 0 radical (unpaired) electrons. The van der Waals surface area contributed by atoms with Gasteiger partial charge in [-0.15, -0.1) is 11.3 Å². The first-order valence-electron chi connectivity index (χ1n) is 7.02. The number of rotatable bonds is 4. The van der Waals surface area contributed by atoms with Gasteiger partial charge < -0.3 is 15.7 Å². The van der Waals surface area contributed by atoms with E-state index in [2.05, 4.69) is 10.6 Å². The summed E-state index contributed by atoms with van der Waals surface area (Å²) in [6.07, 6.45) is 4.41. The van der Waals surface area contributed by atoms with Gasteiger partial charge in [0.2, 0.25) is 0 Å². The van der Waals surface area contributed by atoms with Gasteiger partial charge in [-0.2, -0.15) is 0 Å². The van der Waals surface area contributed by atoms with Gasteiger partial charge in [0.15, 0.2) is 0 Å². The molecular weight excluding hydrogens is 276 g/mol. The molecule has 0 saturated heterocycles. The Balaban J connectivity index is 1.57. The summed E-state index contributed by atoms with van der Waals surface area (Å²) in [6, 6.07) is 2.24. The van der Waals surface area contributed by atoms with Crippen molar-refractivity contribution in [3.8, 4) is 0 Å². The molecule has 2 aliphatic rings. The molecular formula is C14H18N2O3S. The first kappa shape index (κ1) is 13.4. The summed E-state index contributed by atoms with van der Waals surface area (Å²) < 4.78 is 0. The van der Waals surface area contributed by atoms with Crippen LogP contribution in [0.2, 0.25) is 0 Å². The summed E-state index contributed by atoms with van der Waals surface area (Å²) in [4.78, 5) is 23.8. The van der Waals surface area contributed by atoms with Gasteiger partial charge in [-0.25, -0.2) is 4.79 Å². The molecule has 1 aromatic rings. The zero-order valence-corrected chi connectivity index (χ0v) is 11.9. The number of amides is 2. The van der Waals surface area contributed by atoms with Crippen molar-refractivity contribution in [3.05, 3.63) is 21.9 Å². The maximum absolute atomic E-state index is 12.1. The summed E-state index contributed by atoms with van der Waals surface area (Å²) >= 11 is 1.54. The topological polar surface area (TPSA) is 78.4 Å². The SMILES string of the molecule is O=C(O)N[C@@H]1C[C@H]1c1cc(C(=O)NC2CCCC2)cs1. The van der Waals surface area contributed by atoms with Crippen molar-refractivity contribution < 1.29 is 14.7 Å². The lowest BCUT2D eigenvalue weighted by atomic mass is 10.2. The first-order valence-corrected chi connectivity index (χ1v) is 7.90. The Morgan fingerprint density at radius 1 is 1.25 bits per heavy atom. The van der Waals surface area contributed by atoms with Gasteiger partial charge in [-0.3, -0.25) is 4.79 Å². The molecule has 2 atom stereocenters. The van der Waals surface area contributed by atoms with Crippen LogP contribution in [0.4, 0.5) is 4.79 Å². The van der Waals surface area contributed by atoms with E-state index in [4.69, 9.17) is 5.11 Å².